The van der Waals surface area contributed by atoms with Crippen molar-refractivity contribution in [1.82, 2.24) is 9.38 Å². The first-order valence-corrected chi connectivity index (χ1v) is 5.68. The number of carboxylic acid groups (broad SMARTS) is 1. The van der Waals surface area contributed by atoms with Gasteiger partial charge in [0.05, 0.1) is 15.0 Å². The number of hydrogen-bond acceptors (Lipinski definition) is 3. The summed E-state index contributed by atoms with van der Waals surface area (Å²) < 4.78 is 2.47. The Bertz CT molecular complexity index is 604. The molecule has 0 bridgehead atoms. The highest BCUT2D eigenvalue weighted by atomic mass is 127. The third-order valence-corrected chi connectivity index (χ3v) is 3.45. The van der Waals surface area contributed by atoms with Crippen LogP contribution in [0.2, 0.25) is 0 Å². The van der Waals surface area contributed by atoms with Gasteiger partial charge in [0.1, 0.15) is 5.56 Å². The second-order valence-corrected chi connectivity index (χ2v) is 4.71. The van der Waals surface area contributed by atoms with Gasteiger partial charge >= 0.3 is 5.97 Å². The van der Waals surface area contributed by atoms with Crippen LogP contribution in [-0.2, 0) is 0 Å². The fraction of sp³-hybridized carbons (Fsp3) is 0.200. The Hall–Kier alpha value is -1.31. The number of nitrogens with two attached hydrogens (primary N) is 1. The number of halogens is 1. The number of pyridine rings is 1. The summed E-state index contributed by atoms with van der Waals surface area (Å²) >= 11 is 2.02. The van der Waals surface area contributed by atoms with Crippen LogP contribution in [0, 0.1) is 17.4 Å². The van der Waals surface area contributed by atoms with Gasteiger partial charge in [0, 0.05) is 11.9 Å². The van der Waals surface area contributed by atoms with Crippen LogP contribution in [0.15, 0.2) is 6.20 Å². The largest absolute Gasteiger partial charge is 0.477 e. The summed E-state index contributed by atoms with van der Waals surface area (Å²) in [7, 11) is 0. The summed E-state index contributed by atoms with van der Waals surface area (Å²) in [5, 5.41) is 9.15. The second kappa shape index (κ2) is 3.62. The van der Waals surface area contributed by atoms with Gasteiger partial charge in [-0.1, -0.05) is 0 Å². The highest BCUT2D eigenvalue weighted by Gasteiger charge is 2.19. The van der Waals surface area contributed by atoms with Gasteiger partial charge in [0.25, 0.3) is 0 Å². The predicted octanol–water partition coefficient (Wildman–Crippen LogP) is 1.84. The number of nitrogens with zero attached hydrogens (tertiary/aromatic N) is 2. The molecule has 6 heteroatoms. The van der Waals surface area contributed by atoms with Gasteiger partial charge in [-0.2, -0.15) is 0 Å². The van der Waals surface area contributed by atoms with Crippen LogP contribution >= 0.6 is 22.6 Å². The summed E-state index contributed by atoms with van der Waals surface area (Å²) in [5.74, 6) is -1.05. The highest BCUT2D eigenvalue weighted by Crippen LogP contribution is 2.25. The monoisotopic (exact) mass is 331 g/mol. The van der Waals surface area contributed by atoms with Crippen LogP contribution in [0.25, 0.3) is 5.65 Å². The molecule has 84 valence electrons. The molecule has 0 saturated heterocycles. The topological polar surface area (TPSA) is 80.6 Å². The highest BCUT2D eigenvalue weighted by molar-refractivity contribution is 14.1. The lowest BCUT2D eigenvalue weighted by atomic mass is 10.2. The first-order chi connectivity index (χ1) is 7.43. The lowest BCUT2D eigenvalue weighted by Crippen LogP contribution is -2.08. The number of carbonyl (C=O) groups is 1. The molecule has 0 saturated carbocycles. The van der Waals surface area contributed by atoms with Crippen LogP contribution in [0.3, 0.4) is 0 Å². The number of carboxylic acids is 1. The Morgan fingerprint density at radius 3 is 2.75 bits per heavy atom. The van der Waals surface area contributed by atoms with Gasteiger partial charge in [-0.05, 0) is 36.4 Å². The van der Waals surface area contributed by atoms with E-state index in [1.807, 2.05) is 36.4 Å². The molecule has 2 heterocycles. The maximum absolute atomic E-state index is 11.2. The Kier molecular flexibility index (Phi) is 2.53. The van der Waals surface area contributed by atoms with Crippen molar-refractivity contribution in [3.63, 3.8) is 0 Å². The summed E-state index contributed by atoms with van der Waals surface area (Å²) in [6.07, 6.45) is 1.80. The van der Waals surface area contributed by atoms with E-state index in [2.05, 4.69) is 4.98 Å². The van der Waals surface area contributed by atoms with E-state index in [0.717, 1.165) is 11.4 Å². The van der Waals surface area contributed by atoms with Crippen LogP contribution in [0.4, 0.5) is 5.69 Å². The Balaban J connectivity index is 3.00. The van der Waals surface area contributed by atoms with Crippen molar-refractivity contribution < 1.29 is 9.90 Å². The zero-order chi connectivity index (χ0) is 12.0. The number of anilines is 1. The number of aromatic nitrogens is 2. The quantitative estimate of drug-likeness (QED) is 0.782. The third kappa shape index (κ3) is 1.44. The van der Waals surface area contributed by atoms with E-state index in [0.29, 0.717) is 9.22 Å². The van der Waals surface area contributed by atoms with Crippen molar-refractivity contribution in [3.05, 3.63) is 26.7 Å². The van der Waals surface area contributed by atoms with Crippen molar-refractivity contribution in [2.24, 2.45) is 0 Å². The first-order valence-electron chi connectivity index (χ1n) is 4.60. The molecule has 0 spiro atoms. The predicted molar refractivity (Wildman–Crippen MR) is 68.8 cm³/mol. The minimum Gasteiger partial charge on any atom is -0.477 e. The van der Waals surface area contributed by atoms with Crippen molar-refractivity contribution in [2.75, 3.05) is 5.73 Å². The van der Waals surface area contributed by atoms with Crippen molar-refractivity contribution in [1.29, 1.82) is 0 Å². The van der Waals surface area contributed by atoms with Crippen molar-refractivity contribution in [2.45, 2.75) is 13.8 Å². The number of nitrogen functional groups attached to an aromatic ring is 1. The number of fused-ring (bicyclic) bond motifs is 1. The van der Waals surface area contributed by atoms with E-state index in [1.165, 1.54) is 0 Å². The zero-order valence-corrected chi connectivity index (χ0v) is 10.9. The SMILES string of the molecule is Cc1nc2c(C(=O)O)c(N)c(I)cn2c1C. The molecule has 0 atom stereocenters. The summed E-state index contributed by atoms with van der Waals surface area (Å²) in [5.41, 5.74) is 8.25. The molecule has 16 heavy (non-hydrogen) atoms. The maximum atomic E-state index is 11.2. The first kappa shape index (κ1) is 11.2. The van der Waals surface area contributed by atoms with Crippen LogP contribution in [0.1, 0.15) is 21.7 Å². The summed E-state index contributed by atoms with van der Waals surface area (Å²) in [4.78, 5) is 15.4. The van der Waals surface area contributed by atoms with Gasteiger partial charge < -0.3 is 15.2 Å². The fourth-order valence-corrected chi connectivity index (χ4v) is 2.14. The molecular weight excluding hydrogens is 321 g/mol. The van der Waals surface area contributed by atoms with E-state index in [4.69, 9.17) is 10.8 Å². The number of imidazole rings is 1. The molecule has 0 aromatic carbocycles. The number of rotatable bonds is 1. The van der Waals surface area contributed by atoms with Crippen LogP contribution < -0.4 is 5.73 Å². The van der Waals surface area contributed by atoms with E-state index < -0.39 is 5.97 Å². The molecule has 2 aromatic heterocycles. The zero-order valence-electron chi connectivity index (χ0n) is 8.78. The molecule has 5 nitrogen and oxygen atoms in total. The van der Waals surface area contributed by atoms with Crippen molar-refractivity contribution in [3.8, 4) is 0 Å². The van der Waals surface area contributed by atoms with Gasteiger partial charge in [0.15, 0.2) is 5.65 Å². The van der Waals surface area contributed by atoms with E-state index in [9.17, 15) is 4.79 Å². The van der Waals surface area contributed by atoms with E-state index in [1.54, 1.807) is 10.6 Å². The molecule has 2 aromatic rings. The summed E-state index contributed by atoms with van der Waals surface area (Å²) in [6.45, 7) is 3.74. The van der Waals surface area contributed by atoms with Crippen molar-refractivity contribution >= 4 is 39.9 Å². The van der Waals surface area contributed by atoms with E-state index in [-0.39, 0.29) is 11.3 Å². The molecule has 0 aliphatic carbocycles. The average molecular weight is 331 g/mol. The van der Waals surface area contributed by atoms with Gasteiger partial charge in [-0.15, -0.1) is 0 Å². The molecule has 0 radical (unpaired) electrons. The minimum absolute atomic E-state index is 0.0723. The average Bonchev–Trinajstić information content (AvgIpc) is 2.45. The molecule has 0 fully saturated rings. The molecule has 3 N–H and O–H groups in total. The Morgan fingerprint density at radius 2 is 2.19 bits per heavy atom. The van der Waals surface area contributed by atoms with Gasteiger partial charge in [-0.25, -0.2) is 9.78 Å². The maximum Gasteiger partial charge on any atom is 0.341 e. The smallest absolute Gasteiger partial charge is 0.341 e. The normalized spacial score (nSPS) is 10.9. The molecular formula is C10H10IN3O2. The molecule has 2 rings (SSSR count). The molecule has 0 unspecified atom stereocenters. The fourth-order valence-electron chi connectivity index (χ4n) is 1.59. The standard InChI is InChI=1S/C10H10IN3O2/c1-4-5(2)14-3-6(11)8(12)7(10(15)16)9(14)13-4/h3H,12H2,1-2H3,(H,15,16). The second-order valence-electron chi connectivity index (χ2n) is 3.55. The number of hydrogen-bond donors (Lipinski definition) is 2. The molecule has 0 aliphatic rings. The summed E-state index contributed by atoms with van der Waals surface area (Å²) in [6, 6.07) is 0. The molecule has 0 amide bonds. The minimum atomic E-state index is -1.05. The Morgan fingerprint density at radius 1 is 1.56 bits per heavy atom. The Labute approximate surface area is 105 Å². The van der Waals surface area contributed by atoms with Crippen LogP contribution in [-0.4, -0.2) is 20.5 Å². The van der Waals surface area contributed by atoms with Gasteiger partial charge in [-0.3, -0.25) is 0 Å². The lowest BCUT2D eigenvalue weighted by Gasteiger charge is -2.06. The molecule has 0 aliphatic heterocycles. The number of aryl methyl sites for hydroxylation is 2. The third-order valence-electron chi connectivity index (χ3n) is 2.59. The van der Waals surface area contributed by atoms with Crippen LogP contribution in [0.5, 0.6) is 0 Å². The number of aromatic carboxylic acids is 1. The van der Waals surface area contributed by atoms with E-state index >= 15 is 0 Å². The van der Waals surface area contributed by atoms with Gasteiger partial charge in [0.2, 0.25) is 0 Å². The lowest BCUT2D eigenvalue weighted by molar-refractivity contribution is 0.0699.